The molecule has 1 aliphatic rings. The third kappa shape index (κ3) is 4.48. The van der Waals surface area contributed by atoms with Gasteiger partial charge in [0.05, 0.1) is 36.0 Å². The van der Waals surface area contributed by atoms with E-state index in [1.807, 2.05) is 0 Å². The Labute approximate surface area is 170 Å². The van der Waals surface area contributed by atoms with Gasteiger partial charge < -0.3 is 14.4 Å². The lowest BCUT2D eigenvalue weighted by Crippen LogP contribution is -2.27. The molecule has 10 heteroatoms. The van der Waals surface area contributed by atoms with Gasteiger partial charge in [-0.3, -0.25) is 9.59 Å². The monoisotopic (exact) mass is 417 g/mol. The first-order chi connectivity index (χ1) is 13.9. The predicted molar refractivity (Wildman–Crippen MR) is 106 cm³/mol. The first-order valence-corrected chi connectivity index (χ1v) is 9.77. The number of aryl methyl sites for hydroxylation is 1. The molecule has 1 saturated heterocycles. The molecular formula is C19H19N3O6S. The highest BCUT2D eigenvalue weighted by molar-refractivity contribution is 8.04. The van der Waals surface area contributed by atoms with E-state index in [0.717, 1.165) is 4.68 Å². The van der Waals surface area contributed by atoms with Crippen LogP contribution < -0.4 is 5.56 Å². The number of methoxy groups -OCH3 is 1. The Bertz CT molecular complexity index is 1060. The van der Waals surface area contributed by atoms with Gasteiger partial charge in [0, 0.05) is 19.0 Å². The van der Waals surface area contributed by atoms with E-state index in [1.165, 1.54) is 36.9 Å². The molecule has 2 heterocycles. The number of hydrogen-bond donors (Lipinski definition) is 0. The van der Waals surface area contributed by atoms with E-state index in [0.29, 0.717) is 28.8 Å². The minimum Gasteiger partial charge on any atom is -0.466 e. The Morgan fingerprint density at radius 3 is 2.69 bits per heavy atom. The van der Waals surface area contributed by atoms with E-state index in [-0.39, 0.29) is 29.5 Å². The molecule has 0 saturated carbocycles. The summed E-state index contributed by atoms with van der Waals surface area (Å²) in [6.45, 7) is 0.348. The van der Waals surface area contributed by atoms with Gasteiger partial charge in [-0.15, -0.1) is 0 Å². The molecule has 9 nitrogen and oxygen atoms in total. The number of rotatable bonds is 6. The number of hydrogen-bond acceptors (Lipinski definition) is 8. The maximum Gasteiger partial charge on any atom is 0.359 e. The fourth-order valence-corrected chi connectivity index (χ4v) is 3.79. The summed E-state index contributed by atoms with van der Waals surface area (Å²) in [4.78, 5) is 49.5. The summed E-state index contributed by atoms with van der Waals surface area (Å²) in [5.41, 5.74) is -0.242. The third-order valence-corrected chi connectivity index (χ3v) is 5.29. The molecular weight excluding hydrogens is 398 g/mol. The molecule has 3 rings (SSSR count). The minimum atomic E-state index is -0.649. The molecule has 0 atom stereocenters. The van der Waals surface area contributed by atoms with Crippen LogP contribution in [0.2, 0.25) is 0 Å². The molecule has 1 aromatic heterocycles. The average molecular weight is 417 g/mol. The Balaban J connectivity index is 1.64. The van der Waals surface area contributed by atoms with Crippen LogP contribution in [-0.2, 0) is 26.1 Å². The van der Waals surface area contributed by atoms with Gasteiger partial charge in [0.25, 0.3) is 5.56 Å². The van der Waals surface area contributed by atoms with Crippen LogP contribution in [0.5, 0.6) is 0 Å². The highest BCUT2D eigenvalue weighted by Gasteiger charge is 2.27. The summed E-state index contributed by atoms with van der Waals surface area (Å²) in [5.74, 6) is -1.06. The zero-order valence-corrected chi connectivity index (χ0v) is 16.7. The molecule has 2 aromatic rings. The number of aromatic nitrogens is 2. The second kappa shape index (κ2) is 8.91. The fourth-order valence-electron chi connectivity index (χ4n) is 2.84. The van der Waals surface area contributed by atoms with E-state index in [9.17, 15) is 19.2 Å². The summed E-state index contributed by atoms with van der Waals surface area (Å²) in [5, 5.41) is 5.35. The van der Waals surface area contributed by atoms with Crippen molar-refractivity contribution >= 4 is 40.4 Å². The van der Waals surface area contributed by atoms with Gasteiger partial charge in [0.15, 0.2) is 5.69 Å². The van der Waals surface area contributed by atoms with Gasteiger partial charge in [0.2, 0.25) is 5.91 Å². The lowest BCUT2D eigenvalue weighted by Gasteiger charge is -2.16. The summed E-state index contributed by atoms with van der Waals surface area (Å²) < 4.78 is 11.0. The molecule has 0 spiro atoms. The maximum absolute atomic E-state index is 12.5. The number of fused-ring (bicyclic) bond motifs is 1. The Morgan fingerprint density at radius 2 is 1.97 bits per heavy atom. The summed E-state index contributed by atoms with van der Waals surface area (Å²) >= 11 is 1.25. The van der Waals surface area contributed by atoms with Crippen LogP contribution in [0.4, 0.5) is 0 Å². The zero-order chi connectivity index (χ0) is 21.0. The molecule has 0 aliphatic carbocycles. The standard InChI is InChI=1S/C19H19N3O6S/c1-21-18(25)13-7-4-3-6-12(13)17(20-21)19(26)28-9-5-8-22-14(23)11-29-15(22)10-16(24)27-2/h3-4,6-7,10H,5,8-9,11H2,1-2H3/b15-10+. The number of carbonyl (C=O) groups excluding carboxylic acids is 3. The van der Waals surface area contributed by atoms with E-state index >= 15 is 0 Å². The van der Waals surface area contributed by atoms with Gasteiger partial charge in [-0.2, -0.15) is 5.10 Å². The summed E-state index contributed by atoms with van der Waals surface area (Å²) in [6, 6.07) is 6.70. The van der Waals surface area contributed by atoms with Crippen LogP contribution >= 0.6 is 11.8 Å². The number of amides is 1. The van der Waals surface area contributed by atoms with Crippen LogP contribution in [0, 0.1) is 0 Å². The van der Waals surface area contributed by atoms with Crippen molar-refractivity contribution in [1.29, 1.82) is 0 Å². The van der Waals surface area contributed by atoms with E-state index < -0.39 is 11.9 Å². The first-order valence-electron chi connectivity index (χ1n) is 8.78. The molecule has 0 radical (unpaired) electrons. The Hall–Kier alpha value is -3.14. The van der Waals surface area contributed by atoms with Gasteiger partial charge in [-0.05, 0) is 12.5 Å². The van der Waals surface area contributed by atoms with Gasteiger partial charge >= 0.3 is 11.9 Å². The lowest BCUT2D eigenvalue weighted by atomic mass is 10.1. The van der Waals surface area contributed by atoms with Crippen molar-refractivity contribution in [2.24, 2.45) is 7.05 Å². The van der Waals surface area contributed by atoms with Crippen LogP contribution in [0.15, 0.2) is 40.2 Å². The van der Waals surface area contributed by atoms with Crippen molar-refractivity contribution in [2.45, 2.75) is 6.42 Å². The Kier molecular flexibility index (Phi) is 6.32. The first kappa shape index (κ1) is 20.6. The molecule has 29 heavy (non-hydrogen) atoms. The number of thioether (sulfide) groups is 1. The molecule has 0 N–H and O–H groups in total. The average Bonchev–Trinajstić information content (AvgIpc) is 3.07. The lowest BCUT2D eigenvalue weighted by molar-refractivity contribution is -0.134. The highest BCUT2D eigenvalue weighted by atomic mass is 32.2. The molecule has 1 amide bonds. The second-order valence-corrected chi connectivity index (χ2v) is 7.15. The number of esters is 2. The van der Waals surface area contributed by atoms with E-state index in [2.05, 4.69) is 9.84 Å². The molecule has 152 valence electrons. The molecule has 0 bridgehead atoms. The van der Waals surface area contributed by atoms with Gasteiger partial charge in [-0.1, -0.05) is 30.0 Å². The van der Waals surface area contributed by atoms with Crippen molar-refractivity contribution in [1.82, 2.24) is 14.7 Å². The third-order valence-electron chi connectivity index (χ3n) is 4.26. The number of carbonyl (C=O) groups is 3. The zero-order valence-electron chi connectivity index (χ0n) is 15.9. The SMILES string of the molecule is COC(=O)/C=C1/SCC(=O)N1CCCOC(=O)c1nn(C)c(=O)c2ccccc12. The normalized spacial score (nSPS) is 15.2. The van der Waals surface area contributed by atoms with E-state index in [1.54, 1.807) is 24.3 Å². The van der Waals surface area contributed by atoms with Crippen molar-refractivity contribution in [2.75, 3.05) is 26.0 Å². The molecule has 1 aromatic carbocycles. The van der Waals surface area contributed by atoms with Crippen molar-refractivity contribution in [3.8, 4) is 0 Å². The van der Waals surface area contributed by atoms with Crippen LogP contribution in [0.1, 0.15) is 16.9 Å². The number of benzene rings is 1. The largest absolute Gasteiger partial charge is 0.466 e. The van der Waals surface area contributed by atoms with Gasteiger partial charge in [0.1, 0.15) is 0 Å². The van der Waals surface area contributed by atoms with E-state index in [4.69, 9.17) is 4.74 Å². The highest BCUT2D eigenvalue weighted by Crippen LogP contribution is 2.28. The molecule has 1 fully saturated rings. The maximum atomic E-state index is 12.5. The smallest absolute Gasteiger partial charge is 0.359 e. The van der Waals surface area contributed by atoms with Crippen molar-refractivity contribution in [3.05, 3.63) is 51.4 Å². The van der Waals surface area contributed by atoms with Crippen LogP contribution in [-0.4, -0.2) is 58.5 Å². The second-order valence-electron chi connectivity index (χ2n) is 6.15. The van der Waals surface area contributed by atoms with Crippen LogP contribution in [0.3, 0.4) is 0 Å². The van der Waals surface area contributed by atoms with Crippen molar-refractivity contribution in [3.63, 3.8) is 0 Å². The van der Waals surface area contributed by atoms with Crippen molar-refractivity contribution < 1.29 is 23.9 Å². The van der Waals surface area contributed by atoms with Gasteiger partial charge in [-0.25, -0.2) is 14.3 Å². The topological polar surface area (TPSA) is 108 Å². The van der Waals surface area contributed by atoms with Crippen LogP contribution in [0.25, 0.3) is 10.8 Å². The summed E-state index contributed by atoms with van der Waals surface area (Å²) in [6.07, 6.45) is 1.64. The quantitative estimate of drug-likeness (QED) is 0.390. The Morgan fingerprint density at radius 1 is 1.24 bits per heavy atom. The molecule has 1 aliphatic heterocycles. The number of ether oxygens (including phenoxy) is 2. The fraction of sp³-hybridized carbons (Fsp3) is 0.316. The summed E-state index contributed by atoms with van der Waals surface area (Å²) in [7, 11) is 2.74. The minimum absolute atomic E-state index is 0.0532. The predicted octanol–water partition coefficient (Wildman–Crippen LogP) is 1.07. The molecule has 0 unspecified atom stereocenters. The number of nitrogens with zero attached hydrogens (tertiary/aromatic N) is 3.